The molecule has 8 heteroatoms. The van der Waals surface area contributed by atoms with E-state index in [1.165, 1.54) is 0 Å². The summed E-state index contributed by atoms with van der Waals surface area (Å²) < 4.78 is 7.76. The maximum atomic E-state index is 13.3. The number of amides is 1. The van der Waals surface area contributed by atoms with Crippen LogP contribution in [0.4, 0.5) is 0 Å². The summed E-state index contributed by atoms with van der Waals surface area (Å²) in [5, 5.41) is 12.1. The molecule has 7 nitrogen and oxygen atoms in total. The third kappa shape index (κ3) is 3.98. The normalized spacial score (nSPS) is 17.4. The van der Waals surface area contributed by atoms with Crippen LogP contribution in [0.25, 0.3) is 0 Å². The molecule has 0 saturated carbocycles. The van der Waals surface area contributed by atoms with Crippen molar-refractivity contribution in [2.45, 2.75) is 51.1 Å². The van der Waals surface area contributed by atoms with Crippen molar-refractivity contribution in [1.82, 2.24) is 25.0 Å². The van der Waals surface area contributed by atoms with Crippen molar-refractivity contribution in [2.75, 3.05) is 26.7 Å². The van der Waals surface area contributed by atoms with Crippen LogP contribution in [0, 0.1) is 0 Å². The number of hydrogen-bond acceptors (Lipinski definition) is 5. The molecule has 0 unspecified atom stereocenters. The number of likely N-dealkylation sites (tertiary alicyclic amines) is 1. The fraction of sp³-hybridized carbons (Fsp3) is 0.571. The van der Waals surface area contributed by atoms with E-state index in [2.05, 4.69) is 20.1 Å². The van der Waals surface area contributed by atoms with Gasteiger partial charge in [0.2, 0.25) is 5.91 Å². The largest absolute Gasteiger partial charge is 0.496 e. The first kappa shape index (κ1) is 21.6. The van der Waals surface area contributed by atoms with Crippen LogP contribution in [-0.4, -0.2) is 52.3 Å². The molecule has 2 aromatic rings. The second-order valence-electron chi connectivity index (χ2n) is 8.19. The van der Waals surface area contributed by atoms with E-state index in [4.69, 9.17) is 4.74 Å². The highest BCUT2D eigenvalue weighted by molar-refractivity contribution is 5.88. The van der Waals surface area contributed by atoms with Crippen LogP contribution in [0.15, 0.2) is 24.3 Å². The van der Waals surface area contributed by atoms with Crippen molar-refractivity contribution >= 4 is 18.3 Å². The van der Waals surface area contributed by atoms with Gasteiger partial charge in [0.15, 0.2) is 0 Å². The van der Waals surface area contributed by atoms with E-state index in [1.54, 1.807) is 7.11 Å². The monoisotopic (exact) mass is 419 g/mol. The van der Waals surface area contributed by atoms with E-state index in [-0.39, 0.29) is 18.3 Å². The summed E-state index contributed by atoms with van der Waals surface area (Å²) in [6.07, 6.45) is 1.86. The molecule has 2 aliphatic rings. The molecule has 1 N–H and O–H groups in total. The number of aromatic nitrogens is 3. The van der Waals surface area contributed by atoms with Gasteiger partial charge < -0.3 is 19.5 Å². The van der Waals surface area contributed by atoms with Crippen molar-refractivity contribution in [3.8, 4) is 5.75 Å². The Bertz CT molecular complexity index is 859. The molecule has 4 rings (SSSR count). The smallest absolute Gasteiger partial charge is 0.232 e. The van der Waals surface area contributed by atoms with Crippen LogP contribution in [-0.2, 0) is 23.3 Å². The highest BCUT2D eigenvalue weighted by Gasteiger charge is 2.38. The number of para-hydroxylation sites is 1. The number of fused-ring (bicyclic) bond motifs is 1. The van der Waals surface area contributed by atoms with Crippen molar-refractivity contribution < 1.29 is 9.53 Å². The minimum atomic E-state index is -0.626. The van der Waals surface area contributed by atoms with E-state index < -0.39 is 5.41 Å². The van der Waals surface area contributed by atoms with E-state index in [9.17, 15) is 4.79 Å². The van der Waals surface area contributed by atoms with E-state index in [1.807, 2.05) is 43.0 Å². The second kappa shape index (κ2) is 8.71. The number of carbonyl (C=O) groups excluding carboxylic acids is 1. The topological polar surface area (TPSA) is 72.3 Å². The molecule has 0 aliphatic carbocycles. The number of benzene rings is 1. The van der Waals surface area contributed by atoms with Crippen LogP contribution >= 0.6 is 12.4 Å². The van der Waals surface area contributed by atoms with Crippen LogP contribution in [0.3, 0.4) is 0 Å². The molecular weight excluding hydrogens is 390 g/mol. The van der Waals surface area contributed by atoms with Gasteiger partial charge in [0.1, 0.15) is 17.4 Å². The van der Waals surface area contributed by atoms with Gasteiger partial charge >= 0.3 is 0 Å². The van der Waals surface area contributed by atoms with Crippen molar-refractivity contribution in [3.05, 3.63) is 41.5 Å². The second-order valence-corrected chi connectivity index (χ2v) is 8.19. The molecule has 2 aliphatic heterocycles. The van der Waals surface area contributed by atoms with Crippen molar-refractivity contribution in [1.29, 1.82) is 0 Å². The molecule has 0 atom stereocenters. The molecule has 0 spiro atoms. The number of methoxy groups -OCH3 is 1. The van der Waals surface area contributed by atoms with Crippen LogP contribution < -0.4 is 10.1 Å². The summed E-state index contributed by atoms with van der Waals surface area (Å²) in [5.41, 5.74) is 0.308. The molecule has 3 heterocycles. The quantitative estimate of drug-likeness (QED) is 0.824. The highest BCUT2D eigenvalue weighted by atomic mass is 35.5. The number of ether oxygens (including phenoxy) is 1. The maximum Gasteiger partial charge on any atom is 0.232 e. The fourth-order valence-electron chi connectivity index (χ4n) is 4.43. The Labute approximate surface area is 178 Å². The van der Waals surface area contributed by atoms with E-state index in [0.717, 1.165) is 68.5 Å². The number of piperidine rings is 1. The predicted octanol–water partition coefficient (Wildman–Crippen LogP) is 2.50. The Morgan fingerprint density at radius 3 is 2.62 bits per heavy atom. The Kier molecular flexibility index (Phi) is 6.49. The van der Waals surface area contributed by atoms with Gasteiger partial charge in [-0.15, -0.1) is 22.6 Å². The van der Waals surface area contributed by atoms with Crippen molar-refractivity contribution in [3.63, 3.8) is 0 Å². The van der Waals surface area contributed by atoms with Crippen LogP contribution in [0.1, 0.15) is 49.8 Å². The Morgan fingerprint density at radius 1 is 1.17 bits per heavy atom. The minimum Gasteiger partial charge on any atom is -0.496 e. The third-order valence-electron chi connectivity index (χ3n) is 6.11. The van der Waals surface area contributed by atoms with Crippen LogP contribution in [0.5, 0.6) is 5.75 Å². The molecular formula is C21H30ClN5O2. The number of nitrogens with zero attached hydrogens (tertiary/aromatic N) is 4. The lowest BCUT2D eigenvalue weighted by Crippen LogP contribution is -2.47. The molecule has 0 radical (unpaired) electrons. The van der Waals surface area contributed by atoms with Gasteiger partial charge in [-0.05, 0) is 32.8 Å². The molecule has 1 aromatic carbocycles. The number of carbonyl (C=O) groups is 1. The number of halogens is 1. The van der Waals surface area contributed by atoms with Gasteiger partial charge in [-0.1, -0.05) is 18.2 Å². The first-order chi connectivity index (χ1) is 13.5. The first-order valence-corrected chi connectivity index (χ1v) is 10.1. The predicted molar refractivity (Wildman–Crippen MR) is 114 cm³/mol. The lowest BCUT2D eigenvalue weighted by atomic mass is 9.81. The molecule has 0 bridgehead atoms. The first-order valence-electron chi connectivity index (χ1n) is 10.1. The summed E-state index contributed by atoms with van der Waals surface area (Å²) in [6.45, 7) is 8.16. The number of nitrogens with one attached hydrogen (secondary N) is 1. The lowest BCUT2D eigenvalue weighted by Gasteiger charge is -2.37. The van der Waals surface area contributed by atoms with Gasteiger partial charge in [-0.3, -0.25) is 4.79 Å². The summed E-state index contributed by atoms with van der Waals surface area (Å²) >= 11 is 0. The molecule has 1 saturated heterocycles. The zero-order valence-corrected chi connectivity index (χ0v) is 18.2. The molecule has 1 aromatic heterocycles. The van der Waals surface area contributed by atoms with E-state index in [0.29, 0.717) is 5.92 Å². The Hall–Kier alpha value is -2.12. The number of hydrogen-bond donors (Lipinski definition) is 1. The van der Waals surface area contributed by atoms with Gasteiger partial charge in [-0.2, -0.15) is 0 Å². The minimum absolute atomic E-state index is 0. The average molecular weight is 420 g/mol. The van der Waals surface area contributed by atoms with Crippen LogP contribution in [0.2, 0.25) is 0 Å². The van der Waals surface area contributed by atoms with Gasteiger partial charge in [-0.25, -0.2) is 0 Å². The highest BCUT2D eigenvalue weighted by Crippen LogP contribution is 2.35. The fourth-order valence-corrected chi connectivity index (χ4v) is 4.43. The molecule has 29 heavy (non-hydrogen) atoms. The van der Waals surface area contributed by atoms with Crippen molar-refractivity contribution in [2.24, 2.45) is 0 Å². The van der Waals surface area contributed by atoms with Gasteiger partial charge in [0.25, 0.3) is 0 Å². The summed E-state index contributed by atoms with van der Waals surface area (Å²) in [6, 6.07) is 7.80. The lowest BCUT2D eigenvalue weighted by molar-refractivity contribution is -0.137. The molecule has 1 amide bonds. The SMILES string of the molecule is COc1ccccc1C(C)(C)C(=O)N1CCC(c2nnc3n2CCNC3)CC1.Cl. The summed E-state index contributed by atoms with van der Waals surface area (Å²) in [4.78, 5) is 15.3. The van der Waals surface area contributed by atoms with Gasteiger partial charge in [0, 0.05) is 37.7 Å². The zero-order valence-electron chi connectivity index (χ0n) is 17.4. The Balaban J connectivity index is 0.00000240. The molecule has 158 valence electrons. The van der Waals surface area contributed by atoms with E-state index >= 15 is 0 Å². The average Bonchev–Trinajstić information content (AvgIpc) is 3.17. The zero-order chi connectivity index (χ0) is 19.7. The summed E-state index contributed by atoms with van der Waals surface area (Å²) in [7, 11) is 1.65. The standard InChI is InChI=1S/C21H29N5O2.ClH/c1-21(2,16-6-4-5-7-17(16)28-3)20(27)25-11-8-15(9-12-25)19-24-23-18-14-22-10-13-26(18)19;/h4-7,15,22H,8-14H2,1-3H3;1H. The Morgan fingerprint density at radius 2 is 1.90 bits per heavy atom. The molecule has 1 fully saturated rings. The summed E-state index contributed by atoms with van der Waals surface area (Å²) in [5.74, 6) is 3.41. The number of rotatable bonds is 4. The van der Waals surface area contributed by atoms with Gasteiger partial charge in [0.05, 0.1) is 19.1 Å². The third-order valence-corrected chi connectivity index (χ3v) is 6.11. The maximum absolute atomic E-state index is 13.3.